The minimum Gasteiger partial charge on any atom is -0.481 e. The van der Waals surface area contributed by atoms with Crippen molar-refractivity contribution in [2.75, 3.05) is 0 Å². The molecule has 2 saturated carbocycles. The van der Waals surface area contributed by atoms with Crippen molar-refractivity contribution in [3.63, 3.8) is 0 Å². The first-order valence-corrected chi connectivity index (χ1v) is 4.89. The van der Waals surface area contributed by atoms with Crippen molar-refractivity contribution in [2.24, 2.45) is 17.8 Å². The number of hydrogen-bond acceptors (Lipinski definition) is 2. The standard InChI is InChI=1S/C10H14O3/c11-9-4-6-1-7(5-9)3-8(2-6)10(12)13/h6-8H,1-5H2,(H,12,13). The molecule has 3 nitrogen and oxygen atoms in total. The molecule has 3 heteroatoms. The highest BCUT2D eigenvalue weighted by Gasteiger charge is 2.37. The summed E-state index contributed by atoms with van der Waals surface area (Å²) in [4.78, 5) is 22.0. The van der Waals surface area contributed by atoms with Crippen LogP contribution >= 0.6 is 0 Å². The number of fused-ring (bicyclic) bond motifs is 2. The van der Waals surface area contributed by atoms with Gasteiger partial charge in [-0.15, -0.1) is 0 Å². The summed E-state index contributed by atoms with van der Waals surface area (Å²) >= 11 is 0. The molecule has 0 radical (unpaired) electrons. The van der Waals surface area contributed by atoms with E-state index in [1.54, 1.807) is 0 Å². The van der Waals surface area contributed by atoms with Gasteiger partial charge in [-0.2, -0.15) is 0 Å². The molecule has 0 heterocycles. The molecule has 0 aliphatic heterocycles. The number of carbonyl (C=O) groups is 2. The first-order chi connectivity index (χ1) is 6.15. The minimum atomic E-state index is -0.677. The third kappa shape index (κ3) is 1.74. The summed E-state index contributed by atoms with van der Waals surface area (Å²) in [6.07, 6.45) is 3.77. The van der Waals surface area contributed by atoms with Crippen molar-refractivity contribution in [3.05, 3.63) is 0 Å². The Bertz CT molecular complexity index is 231. The van der Waals surface area contributed by atoms with Crippen LogP contribution in [0.3, 0.4) is 0 Å². The number of carboxylic acid groups (broad SMARTS) is 1. The monoisotopic (exact) mass is 182 g/mol. The fourth-order valence-electron chi connectivity index (χ4n) is 2.83. The number of aliphatic carboxylic acids is 1. The topological polar surface area (TPSA) is 54.4 Å². The van der Waals surface area contributed by atoms with E-state index in [0.717, 1.165) is 19.3 Å². The third-order valence-corrected chi connectivity index (χ3v) is 3.28. The van der Waals surface area contributed by atoms with Gasteiger partial charge in [0.1, 0.15) is 5.78 Å². The normalized spacial score (nSPS) is 38.8. The summed E-state index contributed by atoms with van der Waals surface area (Å²) < 4.78 is 0. The zero-order valence-corrected chi connectivity index (χ0v) is 7.53. The van der Waals surface area contributed by atoms with E-state index in [1.165, 1.54) is 0 Å². The number of ketones is 1. The smallest absolute Gasteiger partial charge is 0.306 e. The zero-order valence-electron chi connectivity index (χ0n) is 7.53. The third-order valence-electron chi connectivity index (χ3n) is 3.28. The van der Waals surface area contributed by atoms with Crippen molar-refractivity contribution in [1.29, 1.82) is 0 Å². The van der Waals surface area contributed by atoms with Crippen LogP contribution in [0.4, 0.5) is 0 Å². The molecule has 2 rings (SSSR count). The van der Waals surface area contributed by atoms with Gasteiger partial charge >= 0.3 is 5.97 Å². The lowest BCUT2D eigenvalue weighted by atomic mass is 9.68. The molecular weight excluding hydrogens is 168 g/mol. The van der Waals surface area contributed by atoms with Crippen LogP contribution < -0.4 is 0 Å². The molecule has 0 spiro atoms. The molecule has 0 amide bonds. The lowest BCUT2D eigenvalue weighted by Crippen LogP contribution is -2.34. The molecule has 0 saturated heterocycles. The summed E-state index contributed by atoms with van der Waals surface area (Å²) in [6, 6.07) is 0. The van der Waals surface area contributed by atoms with Gasteiger partial charge in [0.05, 0.1) is 5.92 Å². The Labute approximate surface area is 77.1 Å². The van der Waals surface area contributed by atoms with E-state index in [-0.39, 0.29) is 5.92 Å². The van der Waals surface area contributed by atoms with Crippen LogP contribution in [0.2, 0.25) is 0 Å². The Morgan fingerprint density at radius 2 is 1.69 bits per heavy atom. The highest BCUT2D eigenvalue weighted by Crippen LogP contribution is 2.41. The van der Waals surface area contributed by atoms with Crippen LogP contribution in [-0.2, 0) is 9.59 Å². The maximum atomic E-state index is 11.2. The fourth-order valence-corrected chi connectivity index (χ4v) is 2.83. The van der Waals surface area contributed by atoms with E-state index in [4.69, 9.17) is 5.11 Å². The number of hydrogen-bond donors (Lipinski definition) is 1. The highest BCUT2D eigenvalue weighted by atomic mass is 16.4. The van der Waals surface area contributed by atoms with E-state index >= 15 is 0 Å². The molecule has 2 fully saturated rings. The van der Waals surface area contributed by atoms with Gasteiger partial charge in [-0.25, -0.2) is 0 Å². The Hall–Kier alpha value is -0.860. The molecule has 2 unspecified atom stereocenters. The summed E-state index contributed by atoms with van der Waals surface area (Å²) in [5, 5.41) is 8.87. The number of carboxylic acids is 1. The molecular formula is C10H14O3. The SMILES string of the molecule is O=C1CC2CC(C1)CC(C(=O)O)C2. The first kappa shape index (κ1) is 8.73. The van der Waals surface area contributed by atoms with Crippen LogP contribution in [0.1, 0.15) is 32.1 Å². The van der Waals surface area contributed by atoms with Crippen molar-refractivity contribution < 1.29 is 14.7 Å². The summed E-state index contributed by atoms with van der Waals surface area (Å²) in [5.74, 6) is 0.202. The van der Waals surface area contributed by atoms with Crippen molar-refractivity contribution in [1.82, 2.24) is 0 Å². The van der Waals surface area contributed by atoms with Gasteiger partial charge in [0, 0.05) is 12.8 Å². The molecule has 0 aromatic carbocycles. The summed E-state index contributed by atoms with van der Waals surface area (Å²) in [6.45, 7) is 0. The predicted octanol–water partition coefficient (Wildman–Crippen LogP) is 1.47. The fraction of sp³-hybridized carbons (Fsp3) is 0.800. The van der Waals surface area contributed by atoms with E-state index in [2.05, 4.69) is 0 Å². The molecule has 2 bridgehead atoms. The first-order valence-electron chi connectivity index (χ1n) is 4.89. The van der Waals surface area contributed by atoms with Gasteiger partial charge in [-0.1, -0.05) is 0 Å². The molecule has 2 aliphatic carbocycles. The molecule has 72 valence electrons. The Kier molecular flexibility index (Phi) is 2.10. The number of rotatable bonds is 1. The van der Waals surface area contributed by atoms with E-state index in [0.29, 0.717) is 30.5 Å². The van der Waals surface area contributed by atoms with Crippen molar-refractivity contribution >= 4 is 11.8 Å². The quantitative estimate of drug-likeness (QED) is 0.668. The largest absolute Gasteiger partial charge is 0.481 e. The molecule has 2 aliphatic rings. The van der Waals surface area contributed by atoms with Crippen LogP contribution in [0.15, 0.2) is 0 Å². The number of Topliss-reactive ketones (excluding diaryl/α,β-unsaturated/α-hetero) is 1. The minimum absolute atomic E-state index is 0.183. The highest BCUT2D eigenvalue weighted by molar-refractivity contribution is 5.80. The lowest BCUT2D eigenvalue weighted by Gasteiger charge is -2.36. The van der Waals surface area contributed by atoms with Crippen LogP contribution in [0.5, 0.6) is 0 Å². The molecule has 0 aromatic rings. The maximum Gasteiger partial charge on any atom is 0.306 e. The second kappa shape index (κ2) is 3.13. The van der Waals surface area contributed by atoms with Crippen LogP contribution in [-0.4, -0.2) is 16.9 Å². The summed E-state index contributed by atoms with van der Waals surface area (Å²) in [5.41, 5.74) is 0. The van der Waals surface area contributed by atoms with E-state index in [9.17, 15) is 9.59 Å². The van der Waals surface area contributed by atoms with E-state index in [1.807, 2.05) is 0 Å². The average Bonchev–Trinajstić information content (AvgIpc) is 2.01. The van der Waals surface area contributed by atoms with Crippen molar-refractivity contribution in [2.45, 2.75) is 32.1 Å². The Balaban J connectivity index is 2.05. The average molecular weight is 182 g/mol. The molecule has 1 N–H and O–H groups in total. The van der Waals surface area contributed by atoms with Crippen molar-refractivity contribution in [3.8, 4) is 0 Å². The van der Waals surface area contributed by atoms with Gasteiger partial charge in [-0.3, -0.25) is 9.59 Å². The van der Waals surface area contributed by atoms with Gasteiger partial charge in [0.25, 0.3) is 0 Å². The van der Waals surface area contributed by atoms with Gasteiger partial charge in [-0.05, 0) is 31.1 Å². The Morgan fingerprint density at radius 3 is 2.15 bits per heavy atom. The van der Waals surface area contributed by atoms with Gasteiger partial charge in [0.2, 0.25) is 0 Å². The molecule has 2 atom stereocenters. The van der Waals surface area contributed by atoms with Gasteiger partial charge in [0.15, 0.2) is 0 Å². The molecule has 13 heavy (non-hydrogen) atoms. The zero-order chi connectivity index (χ0) is 9.42. The van der Waals surface area contributed by atoms with Crippen LogP contribution in [0.25, 0.3) is 0 Å². The van der Waals surface area contributed by atoms with Crippen LogP contribution in [0, 0.1) is 17.8 Å². The predicted molar refractivity (Wildman–Crippen MR) is 46.2 cm³/mol. The Morgan fingerprint density at radius 1 is 1.15 bits per heavy atom. The second-order valence-electron chi connectivity index (χ2n) is 4.42. The lowest BCUT2D eigenvalue weighted by molar-refractivity contribution is -0.146. The summed E-state index contributed by atoms with van der Waals surface area (Å²) in [7, 11) is 0. The number of carbonyl (C=O) groups excluding carboxylic acids is 1. The maximum absolute atomic E-state index is 11.2. The van der Waals surface area contributed by atoms with E-state index < -0.39 is 5.97 Å². The van der Waals surface area contributed by atoms with Gasteiger partial charge < -0.3 is 5.11 Å². The molecule has 0 aromatic heterocycles. The second-order valence-corrected chi connectivity index (χ2v) is 4.42.